The molecule has 1 aromatic rings. The van der Waals surface area contributed by atoms with Gasteiger partial charge in [0.1, 0.15) is 5.82 Å². The lowest BCUT2D eigenvalue weighted by Crippen LogP contribution is -2.18. The van der Waals surface area contributed by atoms with E-state index in [4.69, 9.17) is 10.5 Å². The van der Waals surface area contributed by atoms with Crippen molar-refractivity contribution in [1.82, 2.24) is 0 Å². The first-order chi connectivity index (χ1) is 7.15. The van der Waals surface area contributed by atoms with Crippen molar-refractivity contribution in [3.8, 4) is 0 Å². The van der Waals surface area contributed by atoms with Gasteiger partial charge in [-0.3, -0.25) is 0 Å². The second-order valence-electron chi connectivity index (χ2n) is 3.68. The molecule has 1 aromatic carbocycles. The number of nitrogens with two attached hydrogens (primary N) is 1. The summed E-state index contributed by atoms with van der Waals surface area (Å²) < 4.78 is 18.2. The van der Waals surface area contributed by atoms with Gasteiger partial charge in [0, 0.05) is 6.61 Å². The Labute approximate surface area is 90.2 Å². The van der Waals surface area contributed by atoms with Crippen LogP contribution in [0.25, 0.3) is 0 Å². The van der Waals surface area contributed by atoms with E-state index < -0.39 is 0 Å². The molecule has 0 aromatic heterocycles. The normalized spacial score (nSPS) is 12.8. The quantitative estimate of drug-likeness (QED) is 0.760. The van der Waals surface area contributed by atoms with E-state index in [1.807, 2.05) is 6.92 Å². The zero-order valence-corrected chi connectivity index (χ0v) is 9.29. The summed E-state index contributed by atoms with van der Waals surface area (Å²) in [5.41, 5.74) is 7.77. The van der Waals surface area contributed by atoms with E-state index >= 15 is 0 Å². The van der Waals surface area contributed by atoms with Crippen LogP contribution in [-0.4, -0.2) is 13.2 Å². The third-order valence-corrected chi connectivity index (χ3v) is 2.28. The van der Waals surface area contributed by atoms with Crippen LogP contribution in [0.1, 0.15) is 30.5 Å². The lowest BCUT2D eigenvalue weighted by atomic mass is 10.0. The first-order valence-corrected chi connectivity index (χ1v) is 5.24. The van der Waals surface area contributed by atoms with Crippen molar-refractivity contribution in [2.45, 2.75) is 26.3 Å². The largest absolute Gasteiger partial charge is 0.379 e. The van der Waals surface area contributed by atoms with Crippen LogP contribution in [0.2, 0.25) is 0 Å². The molecule has 1 rings (SSSR count). The topological polar surface area (TPSA) is 35.2 Å². The van der Waals surface area contributed by atoms with Gasteiger partial charge in [-0.25, -0.2) is 4.39 Å². The van der Waals surface area contributed by atoms with E-state index in [0.717, 1.165) is 17.5 Å². The van der Waals surface area contributed by atoms with Crippen molar-refractivity contribution < 1.29 is 9.13 Å². The molecule has 0 bridgehead atoms. The van der Waals surface area contributed by atoms with Crippen LogP contribution in [0.15, 0.2) is 18.2 Å². The molecule has 0 heterocycles. The first kappa shape index (κ1) is 12.1. The molecular formula is C12H18FNO. The molecule has 2 nitrogen and oxygen atoms in total. The maximum atomic E-state index is 12.8. The number of aryl methyl sites for hydroxylation is 1. The summed E-state index contributed by atoms with van der Waals surface area (Å²) in [7, 11) is 0. The van der Waals surface area contributed by atoms with Gasteiger partial charge in [-0.2, -0.15) is 0 Å². The van der Waals surface area contributed by atoms with Crippen molar-refractivity contribution in [1.29, 1.82) is 0 Å². The Bertz CT molecular complexity index is 314. The van der Waals surface area contributed by atoms with Gasteiger partial charge in [-0.15, -0.1) is 0 Å². The van der Waals surface area contributed by atoms with E-state index in [-0.39, 0.29) is 11.9 Å². The summed E-state index contributed by atoms with van der Waals surface area (Å²) in [5.74, 6) is -0.224. The van der Waals surface area contributed by atoms with Crippen LogP contribution in [0.5, 0.6) is 0 Å². The smallest absolute Gasteiger partial charge is 0.123 e. The summed E-state index contributed by atoms with van der Waals surface area (Å²) in [6, 6.07) is 4.49. The lowest BCUT2D eigenvalue weighted by Gasteiger charge is -2.14. The molecule has 0 aliphatic heterocycles. The Morgan fingerprint density at radius 1 is 1.47 bits per heavy atom. The number of ether oxygens (including phenoxy) is 1. The van der Waals surface area contributed by atoms with Gasteiger partial charge in [-0.1, -0.05) is 13.0 Å². The highest BCUT2D eigenvalue weighted by Crippen LogP contribution is 2.17. The highest BCUT2D eigenvalue weighted by Gasteiger charge is 2.09. The van der Waals surface area contributed by atoms with Crippen molar-refractivity contribution in [3.63, 3.8) is 0 Å². The van der Waals surface area contributed by atoms with Gasteiger partial charge >= 0.3 is 0 Å². The van der Waals surface area contributed by atoms with Crippen LogP contribution in [0, 0.1) is 12.7 Å². The predicted molar refractivity (Wildman–Crippen MR) is 59.2 cm³/mol. The minimum atomic E-state index is -0.224. The molecule has 1 atom stereocenters. The second-order valence-corrected chi connectivity index (χ2v) is 3.68. The SMILES string of the molecule is CCCOCC(N)c1ccc(F)cc1C. The summed E-state index contributed by atoms with van der Waals surface area (Å²) in [5, 5.41) is 0. The van der Waals surface area contributed by atoms with Crippen molar-refractivity contribution in [2.75, 3.05) is 13.2 Å². The Kier molecular flexibility index (Phi) is 4.72. The number of hydrogen-bond donors (Lipinski definition) is 1. The molecular weight excluding hydrogens is 193 g/mol. The summed E-state index contributed by atoms with van der Waals surface area (Å²) >= 11 is 0. The molecule has 1 unspecified atom stereocenters. The molecule has 0 aliphatic carbocycles. The third-order valence-electron chi connectivity index (χ3n) is 2.28. The van der Waals surface area contributed by atoms with Gasteiger partial charge in [0.15, 0.2) is 0 Å². The zero-order chi connectivity index (χ0) is 11.3. The number of hydrogen-bond acceptors (Lipinski definition) is 2. The van der Waals surface area contributed by atoms with Crippen molar-refractivity contribution in [2.24, 2.45) is 5.73 Å². The van der Waals surface area contributed by atoms with E-state index in [1.54, 1.807) is 6.07 Å². The molecule has 2 N–H and O–H groups in total. The molecule has 0 fully saturated rings. The van der Waals surface area contributed by atoms with E-state index in [9.17, 15) is 4.39 Å². The van der Waals surface area contributed by atoms with Gasteiger partial charge in [0.25, 0.3) is 0 Å². The van der Waals surface area contributed by atoms with E-state index in [0.29, 0.717) is 13.2 Å². The highest BCUT2D eigenvalue weighted by atomic mass is 19.1. The number of rotatable bonds is 5. The van der Waals surface area contributed by atoms with Crippen LogP contribution in [0.4, 0.5) is 4.39 Å². The van der Waals surface area contributed by atoms with Crippen LogP contribution in [-0.2, 0) is 4.74 Å². The van der Waals surface area contributed by atoms with Crippen molar-refractivity contribution >= 4 is 0 Å². The fraction of sp³-hybridized carbons (Fsp3) is 0.500. The van der Waals surface area contributed by atoms with Crippen LogP contribution in [0.3, 0.4) is 0 Å². The third kappa shape index (κ3) is 3.61. The van der Waals surface area contributed by atoms with Crippen molar-refractivity contribution in [3.05, 3.63) is 35.1 Å². The first-order valence-electron chi connectivity index (χ1n) is 5.24. The zero-order valence-electron chi connectivity index (χ0n) is 9.29. The maximum Gasteiger partial charge on any atom is 0.123 e. The number of benzene rings is 1. The monoisotopic (exact) mass is 211 g/mol. The van der Waals surface area contributed by atoms with Crippen LogP contribution < -0.4 is 5.73 Å². The molecule has 0 aliphatic rings. The second kappa shape index (κ2) is 5.83. The maximum absolute atomic E-state index is 12.8. The van der Waals surface area contributed by atoms with Crippen LogP contribution >= 0.6 is 0 Å². The average molecular weight is 211 g/mol. The fourth-order valence-corrected chi connectivity index (χ4v) is 1.50. The molecule has 0 saturated heterocycles. The van der Waals surface area contributed by atoms with Gasteiger partial charge < -0.3 is 10.5 Å². The predicted octanol–water partition coefficient (Wildman–Crippen LogP) is 2.56. The van der Waals surface area contributed by atoms with E-state index in [1.165, 1.54) is 12.1 Å². The molecule has 0 radical (unpaired) electrons. The minimum Gasteiger partial charge on any atom is -0.379 e. The molecule has 0 saturated carbocycles. The summed E-state index contributed by atoms with van der Waals surface area (Å²) in [4.78, 5) is 0. The van der Waals surface area contributed by atoms with Gasteiger partial charge in [0.05, 0.1) is 12.6 Å². The Morgan fingerprint density at radius 3 is 2.80 bits per heavy atom. The summed E-state index contributed by atoms with van der Waals surface area (Å²) in [6.45, 7) is 5.11. The minimum absolute atomic E-state index is 0.169. The highest BCUT2D eigenvalue weighted by molar-refractivity contribution is 5.29. The van der Waals surface area contributed by atoms with Gasteiger partial charge in [0.2, 0.25) is 0 Å². The van der Waals surface area contributed by atoms with Gasteiger partial charge in [-0.05, 0) is 36.6 Å². The molecule has 0 spiro atoms. The van der Waals surface area contributed by atoms with E-state index in [2.05, 4.69) is 6.92 Å². The standard InChI is InChI=1S/C12H18FNO/c1-3-6-15-8-12(14)11-5-4-10(13)7-9(11)2/h4-5,7,12H,3,6,8,14H2,1-2H3. The summed E-state index contributed by atoms with van der Waals surface area (Å²) in [6.07, 6.45) is 0.981. The molecule has 0 amide bonds. The Hall–Kier alpha value is -0.930. The Morgan fingerprint density at radius 2 is 2.20 bits per heavy atom. The lowest BCUT2D eigenvalue weighted by molar-refractivity contribution is 0.121. The number of halogens is 1. The molecule has 15 heavy (non-hydrogen) atoms. The Balaban J connectivity index is 2.61. The average Bonchev–Trinajstić information content (AvgIpc) is 2.17. The molecule has 3 heteroatoms. The molecule has 84 valence electrons. The fourth-order valence-electron chi connectivity index (χ4n) is 1.50.